The molecule has 7 heteroatoms. The summed E-state index contributed by atoms with van der Waals surface area (Å²) in [6, 6.07) is 4.59. The van der Waals surface area contributed by atoms with E-state index in [9.17, 15) is 9.59 Å². The third kappa shape index (κ3) is 3.09. The summed E-state index contributed by atoms with van der Waals surface area (Å²) in [5.41, 5.74) is 4.98. The van der Waals surface area contributed by atoms with Crippen LogP contribution in [0.15, 0.2) is 29.6 Å². The molecule has 0 atom stereocenters. The Morgan fingerprint density at radius 3 is 2.33 bits per heavy atom. The monoisotopic (exact) mass is 285 g/mol. The molecule has 94 valence electrons. The fraction of sp³-hybridized carbons (Fsp3) is 0. The van der Waals surface area contributed by atoms with E-state index in [0.717, 1.165) is 6.21 Å². The lowest BCUT2D eigenvalue weighted by molar-refractivity contribution is -0.105. The van der Waals surface area contributed by atoms with Gasteiger partial charge in [-0.3, -0.25) is 9.59 Å². The molecule has 1 rings (SSSR count). The Bertz CT molecular complexity index is 521. The van der Waals surface area contributed by atoms with E-state index in [1.165, 1.54) is 12.1 Å². The maximum atomic E-state index is 11.9. The summed E-state index contributed by atoms with van der Waals surface area (Å²) in [7, 11) is 0. The number of hydrogen-bond donors (Lipinski definition) is 3. The summed E-state index contributed by atoms with van der Waals surface area (Å²) in [4.78, 5) is 22.4. The van der Waals surface area contributed by atoms with Gasteiger partial charge >= 0.3 is 0 Å². The zero-order valence-corrected chi connectivity index (χ0v) is 10.5. The summed E-state index contributed by atoms with van der Waals surface area (Å²) < 4.78 is 0. The van der Waals surface area contributed by atoms with Gasteiger partial charge in [-0.15, -0.1) is 0 Å². The van der Waals surface area contributed by atoms with Crippen molar-refractivity contribution in [2.75, 3.05) is 0 Å². The van der Waals surface area contributed by atoms with Crippen LogP contribution < -0.4 is 11.1 Å². The zero-order valence-electron chi connectivity index (χ0n) is 9.04. The van der Waals surface area contributed by atoms with Crippen LogP contribution in [0.1, 0.15) is 10.4 Å². The van der Waals surface area contributed by atoms with Crippen molar-refractivity contribution < 1.29 is 9.59 Å². The smallest absolute Gasteiger partial charge is 0.258 e. The minimum absolute atomic E-state index is 0.0545. The van der Waals surface area contributed by atoms with E-state index in [2.05, 4.69) is 5.32 Å². The molecular formula is C11H9Cl2N3O2. The molecule has 0 heterocycles. The molecule has 0 saturated carbocycles. The lowest BCUT2D eigenvalue weighted by Gasteiger charge is -2.09. The first-order valence-electron chi connectivity index (χ1n) is 4.72. The molecule has 0 aromatic heterocycles. The molecule has 0 unspecified atom stereocenters. The first kappa shape index (κ1) is 14.2. The molecule has 0 saturated heterocycles. The van der Waals surface area contributed by atoms with E-state index >= 15 is 0 Å². The summed E-state index contributed by atoms with van der Waals surface area (Å²) in [5.74, 6) is -0.645. The standard InChI is InChI=1S/C11H9Cl2N3O2/c12-6-2-1-3-7(13)10(6)11(18)16-9(4-14)8(15)5-17/h1-5,14H,15H2,(H,16,18)/b9-8+,14-4?. The van der Waals surface area contributed by atoms with Crippen LogP contribution in [0.25, 0.3) is 0 Å². The number of nitrogens with one attached hydrogen (secondary N) is 2. The summed E-state index contributed by atoms with van der Waals surface area (Å²) in [6.07, 6.45) is 1.08. The van der Waals surface area contributed by atoms with Crippen LogP contribution in [0, 0.1) is 5.41 Å². The van der Waals surface area contributed by atoms with Gasteiger partial charge in [-0.25, -0.2) is 0 Å². The van der Waals surface area contributed by atoms with Gasteiger partial charge in [-0.1, -0.05) is 29.3 Å². The first-order valence-corrected chi connectivity index (χ1v) is 5.47. The Labute approximate surface area is 113 Å². The molecule has 4 N–H and O–H groups in total. The summed E-state index contributed by atoms with van der Waals surface area (Å²) in [5, 5.41) is 9.66. The van der Waals surface area contributed by atoms with Crippen molar-refractivity contribution in [1.29, 1.82) is 5.41 Å². The number of hydrogen-bond acceptors (Lipinski definition) is 4. The number of rotatable bonds is 4. The molecule has 0 aliphatic carbocycles. The summed E-state index contributed by atoms with van der Waals surface area (Å²) in [6.45, 7) is 0. The molecule has 0 aliphatic heterocycles. The van der Waals surface area contributed by atoms with Crippen molar-refractivity contribution in [2.45, 2.75) is 0 Å². The maximum absolute atomic E-state index is 11.9. The van der Waals surface area contributed by atoms with Crippen molar-refractivity contribution in [3.63, 3.8) is 0 Å². The number of amides is 1. The highest BCUT2D eigenvalue weighted by Gasteiger charge is 2.15. The van der Waals surface area contributed by atoms with Gasteiger partial charge in [0.1, 0.15) is 0 Å². The third-order valence-electron chi connectivity index (χ3n) is 2.02. The minimum Gasteiger partial charge on any atom is -0.394 e. The number of allylic oxidation sites excluding steroid dienone is 2. The maximum Gasteiger partial charge on any atom is 0.258 e. The average molecular weight is 286 g/mol. The topological polar surface area (TPSA) is 96.0 Å². The largest absolute Gasteiger partial charge is 0.394 e. The Morgan fingerprint density at radius 2 is 1.89 bits per heavy atom. The molecular weight excluding hydrogens is 277 g/mol. The highest BCUT2D eigenvalue weighted by Crippen LogP contribution is 2.24. The Kier molecular flexibility index (Phi) is 4.88. The molecule has 0 aliphatic rings. The lowest BCUT2D eigenvalue weighted by atomic mass is 10.2. The minimum atomic E-state index is -0.645. The number of carbonyl (C=O) groups excluding carboxylic acids is 2. The number of carbonyl (C=O) groups is 2. The fourth-order valence-electron chi connectivity index (χ4n) is 1.15. The lowest BCUT2D eigenvalue weighted by Crippen LogP contribution is -2.27. The van der Waals surface area contributed by atoms with Gasteiger partial charge in [0.2, 0.25) is 0 Å². The van der Waals surface area contributed by atoms with Crippen LogP contribution >= 0.6 is 23.2 Å². The number of aldehydes is 1. The SMILES string of the molecule is N=C/C(NC(=O)c1c(Cl)cccc1Cl)=C(\N)C=O. The number of benzene rings is 1. The number of halogens is 2. The Balaban J connectivity index is 3.10. The van der Waals surface area contributed by atoms with Crippen molar-refractivity contribution in [3.05, 3.63) is 45.2 Å². The van der Waals surface area contributed by atoms with Crippen LogP contribution in [0.4, 0.5) is 0 Å². The van der Waals surface area contributed by atoms with Gasteiger partial charge in [0, 0.05) is 6.21 Å². The Morgan fingerprint density at radius 1 is 1.33 bits per heavy atom. The molecule has 0 radical (unpaired) electrons. The van der Waals surface area contributed by atoms with E-state index in [1.807, 2.05) is 0 Å². The average Bonchev–Trinajstić information content (AvgIpc) is 2.34. The van der Waals surface area contributed by atoms with Gasteiger partial charge < -0.3 is 16.5 Å². The molecule has 0 bridgehead atoms. The van der Waals surface area contributed by atoms with Crippen LogP contribution in [0.5, 0.6) is 0 Å². The quantitative estimate of drug-likeness (QED) is 0.447. The predicted octanol–water partition coefficient (Wildman–Crippen LogP) is 1.74. The van der Waals surface area contributed by atoms with Crippen molar-refractivity contribution in [2.24, 2.45) is 5.73 Å². The third-order valence-corrected chi connectivity index (χ3v) is 2.65. The normalized spacial score (nSPS) is 11.4. The molecule has 0 fully saturated rings. The van der Waals surface area contributed by atoms with Crippen molar-refractivity contribution >= 4 is 41.6 Å². The van der Waals surface area contributed by atoms with Gasteiger partial charge in [0.15, 0.2) is 6.29 Å². The van der Waals surface area contributed by atoms with Crippen LogP contribution in [-0.2, 0) is 4.79 Å². The highest BCUT2D eigenvalue weighted by molar-refractivity contribution is 6.39. The van der Waals surface area contributed by atoms with E-state index in [-0.39, 0.29) is 27.0 Å². The Hall–Kier alpha value is -1.85. The molecule has 1 aromatic rings. The van der Waals surface area contributed by atoms with Crippen LogP contribution in [-0.4, -0.2) is 18.4 Å². The second-order valence-electron chi connectivity index (χ2n) is 3.18. The second kappa shape index (κ2) is 6.18. The molecule has 0 spiro atoms. The summed E-state index contributed by atoms with van der Waals surface area (Å²) >= 11 is 11.7. The molecule has 1 aromatic carbocycles. The van der Waals surface area contributed by atoms with Crippen LogP contribution in [0.3, 0.4) is 0 Å². The van der Waals surface area contributed by atoms with E-state index in [0.29, 0.717) is 6.29 Å². The van der Waals surface area contributed by atoms with E-state index in [1.54, 1.807) is 6.07 Å². The van der Waals surface area contributed by atoms with Crippen molar-refractivity contribution in [1.82, 2.24) is 5.32 Å². The number of nitrogens with two attached hydrogens (primary N) is 1. The van der Waals surface area contributed by atoms with E-state index < -0.39 is 5.91 Å². The molecule has 1 amide bonds. The molecule has 18 heavy (non-hydrogen) atoms. The van der Waals surface area contributed by atoms with Gasteiger partial charge in [-0.2, -0.15) is 0 Å². The van der Waals surface area contributed by atoms with Gasteiger partial charge in [0.25, 0.3) is 5.91 Å². The van der Waals surface area contributed by atoms with Gasteiger partial charge in [-0.05, 0) is 12.1 Å². The van der Waals surface area contributed by atoms with E-state index in [4.69, 9.17) is 34.3 Å². The fourth-order valence-corrected chi connectivity index (χ4v) is 1.72. The van der Waals surface area contributed by atoms with Crippen molar-refractivity contribution in [3.8, 4) is 0 Å². The highest BCUT2D eigenvalue weighted by atomic mass is 35.5. The molecule has 5 nitrogen and oxygen atoms in total. The first-order chi connectivity index (χ1) is 8.51. The predicted molar refractivity (Wildman–Crippen MR) is 70.0 cm³/mol. The van der Waals surface area contributed by atoms with Crippen LogP contribution in [0.2, 0.25) is 10.0 Å². The second-order valence-corrected chi connectivity index (χ2v) is 4.00. The zero-order chi connectivity index (χ0) is 13.7. The van der Waals surface area contributed by atoms with Gasteiger partial charge in [0.05, 0.1) is 27.0 Å².